The van der Waals surface area contributed by atoms with E-state index in [2.05, 4.69) is 212 Å². The van der Waals surface area contributed by atoms with Crippen LogP contribution in [0.4, 0.5) is 45.5 Å². The Morgan fingerprint density at radius 3 is 1.22 bits per heavy atom. The van der Waals surface area contributed by atoms with Gasteiger partial charge in [-0.2, -0.15) is 0 Å². The van der Waals surface area contributed by atoms with Crippen molar-refractivity contribution in [3.8, 4) is 0 Å². The molecule has 0 fully saturated rings. The molecule has 0 bridgehead atoms. The highest BCUT2D eigenvalue weighted by Crippen LogP contribution is 2.40. The molecule has 0 saturated heterocycles. The largest absolute Gasteiger partial charge is 0.342 e. The zero-order valence-corrected chi connectivity index (χ0v) is 32.6. The third-order valence-corrected chi connectivity index (χ3v) is 11.1. The number of rotatable bonds is 12. The fourth-order valence-electron chi connectivity index (χ4n) is 8.71. The molecule has 0 aromatic heterocycles. The molecule has 0 aliphatic carbocycles. The van der Waals surface area contributed by atoms with Gasteiger partial charge >= 0.3 is 0 Å². The van der Waals surface area contributed by atoms with E-state index >= 15 is 0 Å². The lowest BCUT2D eigenvalue weighted by Gasteiger charge is -2.39. The smallest absolute Gasteiger partial charge is 0.247 e. The van der Waals surface area contributed by atoms with Gasteiger partial charge in [0.1, 0.15) is 0 Å². The van der Waals surface area contributed by atoms with E-state index in [4.69, 9.17) is 0 Å². The number of fused-ring (bicyclic) bond motifs is 2. The first-order valence-electron chi connectivity index (χ1n) is 20.0. The summed E-state index contributed by atoms with van der Waals surface area (Å²) in [7, 11) is 0. The Bertz CT molecular complexity index is 2120. The van der Waals surface area contributed by atoms with Gasteiger partial charge in [0.25, 0.3) is 0 Å². The third-order valence-electron chi connectivity index (χ3n) is 11.1. The Labute approximate surface area is 328 Å². The van der Waals surface area contributed by atoms with Crippen LogP contribution in [0.2, 0.25) is 0 Å². The Morgan fingerprint density at radius 2 is 0.836 bits per heavy atom. The van der Waals surface area contributed by atoms with Gasteiger partial charge in [0, 0.05) is 52.0 Å². The van der Waals surface area contributed by atoms with Crippen LogP contribution in [0.5, 0.6) is 0 Å². The second kappa shape index (κ2) is 16.2. The maximum atomic E-state index is 2.62. The molecular formula is C51H50BN3. The summed E-state index contributed by atoms with van der Waals surface area (Å²) in [5, 5.41) is 0. The monoisotopic (exact) mass is 715 g/mol. The van der Waals surface area contributed by atoms with Crippen molar-refractivity contribution in [1.29, 1.82) is 0 Å². The van der Waals surface area contributed by atoms with Gasteiger partial charge in [-0.1, -0.05) is 133 Å². The van der Waals surface area contributed by atoms with Crippen molar-refractivity contribution in [2.75, 3.05) is 21.2 Å². The molecule has 1 heterocycles. The number of hydrogen-bond donors (Lipinski definition) is 0. The zero-order valence-electron chi connectivity index (χ0n) is 32.6. The summed E-state index contributed by atoms with van der Waals surface area (Å²) >= 11 is 0. The Kier molecular flexibility index (Phi) is 10.6. The molecule has 0 unspecified atom stereocenters. The van der Waals surface area contributed by atoms with E-state index in [9.17, 15) is 0 Å². The minimum absolute atomic E-state index is 0.0270. The van der Waals surface area contributed by atoms with Gasteiger partial charge in [0.05, 0.1) is 0 Å². The number of nitrogens with zero attached hydrogens (tertiary/aromatic N) is 3. The summed E-state index contributed by atoms with van der Waals surface area (Å²) in [6.45, 7) is 10.1. The van der Waals surface area contributed by atoms with E-state index in [0.29, 0.717) is 0 Å². The van der Waals surface area contributed by atoms with Crippen LogP contribution >= 0.6 is 0 Å². The van der Waals surface area contributed by atoms with Gasteiger partial charge < -0.3 is 14.7 Å². The van der Waals surface area contributed by atoms with Crippen LogP contribution in [0, 0.1) is 20.8 Å². The van der Waals surface area contributed by atoms with Gasteiger partial charge in [-0.15, -0.1) is 0 Å². The maximum Gasteiger partial charge on any atom is 0.247 e. The highest BCUT2D eigenvalue weighted by molar-refractivity contribution is 6.98. The summed E-state index contributed by atoms with van der Waals surface area (Å²) in [5.74, 6) is 0. The number of para-hydroxylation sites is 4. The van der Waals surface area contributed by atoms with E-state index in [0.717, 1.165) is 47.1 Å². The fourth-order valence-corrected chi connectivity index (χ4v) is 8.71. The minimum atomic E-state index is 0.0270. The number of aryl methyl sites for hydroxylation is 3. The number of hydrogen-bond acceptors (Lipinski definition) is 3. The standard InChI is InChI=1S/C51H50BN3/c1-5-6-7-20-33-53-49-31-29-45(54(41-21-12-8-13-22-41)42-23-14-9-15-24-42)36-47(49)52(51-39(3)34-38(2)35-40(51)4)48-37-46(30-32-50(48)53)55(43-25-16-10-17-26-43)44-27-18-11-19-28-44/h8-19,21-32,34-37H,5-7,20,33H2,1-4H3. The molecule has 0 N–H and O–H groups in total. The number of unbranched alkanes of at least 4 members (excludes halogenated alkanes) is 3. The summed E-state index contributed by atoms with van der Waals surface area (Å²) in [6, 6.07) is 62.3. The van der Waals surface area contributed by atoms with Crippen LogP contribution in [-0.4, -0.2) is 13.3 Å². The van der Waals surface area contributed by atoms with Crippen molar-refractivity contribution in [1.82, 2.24) is 0 Å². The Hall–Kier alpha value is -6.00. The molecule has 7 aromatic rings. The molecule has 0 spiro atoms. The van der Waals surface area contributed by atoms with E-state index < -0.39 is 0 Å². The molecule has 1 aliphatic heterocycles. The van der Waals surface area contributed by atoms with Crippen LogP contribution in [0.3, 0.4) is 0 Å². The molecule has 55 heavy (non-hydrogen) atoms. The molecule has 272 valence electrons. The van der Waals surface area contributed by atoms with Crippen molar-refractivity contribution >= 4 is 68.6 Å². The van der Waals surface area contributed by atoms with E-state index in [1.165, 1.54) is 63.7 Å². The Morgan fingerprint density at radius 1 is 0.436 bits per heavy atom. The molecule has 4 heteroatoms. The third kappa shape index (κ3) is 7.30. The maximum absolute atomic E-state index is 2.62. The van der Waals surface area contributed by atoms with E-state index in [1.54, 1.807) is 0 Å². The highest BCUT2D eigenvalue weighted by atomic mass is 15.2. The zero-order chi connectivity index (χ0) is 37.7. The molecule has 0 saturated carbocycles. The van der Waals surface area contributed by atoms with Crippen molar-refractivity contribution < 1.29 is 0 Å². The first-order valence-corrected chi connectivity index (χ1v) is 20.0. The van der Waals surface area contributed by atoms with Crippen LogP contribution in [0.25, 0.3) is 0 Å². The van der Waals surface area contributed by atoms with Gasteiger partial charge in [0.2, 0.25) is 6.71 Å². The van der Waals surface area contributed by atoms with Crippen molar-refractivity contribution in [2.24, 2.45) is 0 Å². The van der Waals surface area contributed by atoms with Gasteiger partial charge in [-0.25, -0.2) is 0 Å². The first-order chi connectivity index (χ1) is 27.0. The predicted octanol–water partition coefficient (Wildman–Crippen LogP) is 12.1. The molecule has 0 atom stereocenters. The van der Waals surface area contributed by atoms with E-state index in [-0.39, 0.29) is 6.71 Å². The molecule has 3 nitrogen and oxygen atoms in total. The average Bonchev–Trinajstić information content (AvgIpc) is 3.21. The second-order valence-corrected chi connectivity index (χ2v) is 15.0. The van der Waals surface area contributed by atoms with Crippen molar-refractivity contribution in [3.63, 3.8) is 0 Å². The average molecular weight is 716 g/mol. The fraction of sp³-hybridized carbons (Fsp3) is 0.176. The normalized spacial score (nSPS) is 11.9. The highest BCUT2D eigenvalue weighted by Gasteiger charge is 2.37. The lowest BCUT2D eigenvalue weighted by molar-refractivity contribution is 0.668. The topological polar surface area (TPSA) is 9.72 Å². The van der Waals surface area contributed by atoms with Gasteiger partial charge in [0.15, 0.2) is 0 Å². The summed E-state index contributed by atoms with van der Waals surface area (Å²) in [5.41, 5.74) is 17.5. The van der Waals surface area contributed by atoms with E-state index in [1.807, 2.05) is 0 Å². The lowest BCUT2D eigenvalue weighted by atomic mass is 9.33. The Balaban J connectivity index is 1.38. The molecule has 8 rings (SSSR count). The van der Waals surface area contributed by atoms with Gasteiger partial charge in [-0.3, -0.25) is 0 Å². The molecular weight excluding hydrogens is 665 g/mol. The molecule has 0 amide bonds. The minimum Gasteiger partial charge on any atom is -0.342 e. The molecule has 7 aromatic carbocycles. The number of anilines is 8. The first kappa shape index (κ1) is 36.0. The summed E-state index contributed by atoms with van der Waals surface area (Å²) < 4.78 is 0. The van der Waals surface area contributed by atoms with Crippen molar-refractivity contribution in [3.05, 3.63) is 187 Å². The lowest BCUT2D eigenvalue weighted by Crippen LogP contribution is -2.59. The number of benzene rings is 7. The second-order valence-electron chi connectivity index (χ2n) is 15.0. The van der Waals surface area contributed by atoms with Crippen LogP contribution < -0.4 is 31.1 Å². The predicted molar refractivity (Wildman–Crippen MR) is 239 cm³/mol. The van der Waals surface area contributed by atoms with Crippen molar-refractivity contribution in [2.45, 2.75) is 53.4 Å². The summed E-state index contributed by atoms with van der Waals surface area (Å²) in [6.07, 6.45) is 4.84. The molecule has 0 radical (unpaired) electrons. The quantitative estimate of drug-likeness (QED) is 0.0921. The SMILES string of the molecule is CCCCCCN1c2ccc(N(c3ccccc3)c3ccccc3)cc2B(c2c(C)cc(C)cc2C)c2cc(N(c3ccccc3)c3ccccc3)ccc21. The summed E-state index contributed by atoms with van der Waals surface area (Å²) in [4.78, 5) is 7.42. The van der Waals surface area contributed by atoms with Gasteiger partial charge in [-0.05, 0) is 123 Å². The van der Waals surface area contributed by atoms with Crippen LogP contribution in [0.15, 0.2) is 170 Å². The van der Waals surface area contributed by atoms with Crippen LogP contribution in [-0.2, 0) is 0 Å². The van der Waals surface area contributed by atoms with Crippen LogP contribution in [0.1, 0.15) is 49.3 Å². The molecule has 1 aliphatic rings.